The molecule has 0 aromatic rings. The molecule has 0 spiro atoms. The number of hydrogen-bond acceptors (Lipinski definition) is 3. The summed E-state index contributed by atoms with van der Waals surface area (Å²) in [5.41, 5.74) is -0.422. The Kier molecular flexibility index (Phi) is 6.75. The largest absolute Gasteiger partial charge is 0.444 e. The Morgan fingerprint density at radius 1 is 1.09 bits per heavy atom. The minimum atomic E-state index is -0.422. The van der Waals surface area contributed by atoms with Gasteiger partial charge in [0.25, 0.3) is 0 Å². The molecule has 2 fully saturated rings. The maximum absolute atomic E-state index is 11.9. The van der Waals surface area contributed by atoms with Crippen molar-refractivity contribution in [3.63, 3.8) is 0 Å². The van der Waals surface area contributed by atoms with E-state index in [4.69, 9.17) is 4.74 Å². The van der Waals surface area contributed by atoms with Crippen LogP contribution in [0.3, 0.4) is 0 Å². The Labute approximate surface area is 142 Å². The molecule has 0 heterocycles. The normalized spacial score (nSPS) is 27.7. The second-order valence-corrected chi connectivity index (χ2v) is 8.43. The number of carbonyl (C=O) groups excluding carboxylic acids is 1. The quantitative estimate of drug-likeness (QED) is 0.789. The fourth-order valence-corrected chi connectivity index (χ4v) is 4.16. The highest BCUT2D eigenvalue weighted by atomic mass is 16.6. The Hall–Kier alpha value is -0.770. The van der Waals surface area contributed by atoms with Gasteiger partial charge in [-0.3, -0.25) is 0 Å². The van der Waals surface area contributed by atoms with Gasteiger partial charge in [-0.25, -0.2) is 4.79 Å². The van der Waals surface area contributed by atoms with Crippen LogP contribution in [-0.2, 0) is 4.74 Å². The summed E-state index contributed by atoms with van der Waals surface area (Å²) < 4.78 is 5.36. The van der Waals surface area contributed by atoms with Crippen molar-refractivity contribution in [2.75, 3.05) is 0 Å². The zero-order valence-corrected chi connectivity index (χ0v) is 15.5. The Balaban J connectivity index is 1.74. The fraction of sp³-hybridized carbons (Fsp3) is 0.947. The predicted molar refractivity (Wildman–Crippen MR) is 94.6 cm³/mol. The van der Waals surface area contributed by atoms with E-state index in [0.717, 1.165) is 25.2 Å². The topological polar surface area (TPSA) is 50.4 Å². The van der Waals surface area contributed by atoms with Gasteiger partial charge in [0.15, 0.2) is 0 Å². The van der Waals surface area contributed by atoms with E-state index in [9.17, 15) is 4.79 Å². The van der Waals surface area contributed by atoms with Crippen LogP contribution in [0.4, 0.5) is 4.79 Å². The lowest BCUT2D eigenvalue weighted by Crippen LogP contribution is -2.43. The van der Waals surface area contributed by atoms with Crippen LogP contribution >= 0.6 is 0 Å². The molecule has 23 heavy (non-hydrogen) atoms. The van der Waals surface area contributed by atoms with E-state index in [-0.39, 0.29) is 12.1 Å². The van der Waals surface area contributed by atoms with Crippen LogP contribution in [0.15, 0.2) is 0 Å². The second kappa shape index (κ2) is 8.36. The minimum absolute atomic E-state index is 0.256. The number of nitrogens with one attached hydrogen (secondary N) is 2. The van der Waals surface area contributed by atoms with E-state index in [1.807, 2.05) is 20.8 Å². The van der Waals surface area contributed by atoms with Crippen LogP contribution in [0, 0.1) is 5.92 Å². The van der Waals surface area contributed by atoms with Gasteiger partial charge in [0.2, 0.25) is 0 Å². The summed E-state index contributed by atoms with van der Waals surface area (Å²) in [5.74, 6) is 0.853. The molecule has 0 bridgehead atoms. The molecule has 2 aliphatic carbocycles. The Bertz CT molecular complexity index is 372. The molecule has 0 radical (unpaired) electrons. The van der Waals surface area contributed by atoms with Gasteiger partial charge in [-0.05, 0) is 65.2 Å². The molecule has 2 rings (SSSR count). The molecular formula is C19H36N2O2. The zero-order chi connectivity index (χ0) is 16.9. The molecular weight excluding hydrogens is 288 g/mol. The van der Waals surface area contributed by atoms with Crippen LogP contribution in [-0.4, -0.2) is 29.8 Å². The van der Waals surface area contributed by atoms with Crippen LogP contribution in [0.25, 0.3) is 0 Å². The molecule has 3 atom stereocenters. The van der Waals surface area contributed by atoms with Crippen molar-refractivity contribution in [2.24, 2.45) is 5.92 Å². The molecule has 2 saturated carbocycles. The summed E-state index contributed by atoms with van der Waals surface area (Å²) in [6.07, 6.45) is 11.2. The average molecular weight is 325 g/mol. The van der Waals surface area contributed by atoms with Crippen molar-refractivity contribution >= 4 is 6.09 Å². The Morgan fingerprint density at radius 3 is 2.35 bits per heavy atom. The van der Waals surface area contributed by atoms with Crippen LogP contribution < -0.4 is 10.6 Å². The first-order valence-electron chi connectivity index (χ1n) is 9.63. The van der Waals surface area contributed by atoms with Crippen LogP contribution in [0.1, 0.15) is 85.5 Å². The van der Waals surface area contributed by atoms with Crippen molar-refractivity contribution < 1.29 is 9.53 Å². The van der Waals surface area contributed by atoms with Gasteiger partial charge in [-0.2, -0.15) is 0 Å². The molecule has 134 valence electrons. The van der Waals surface area contributed by atoms with Crippen molar-refractivity contribution in [3.8, 4) is 0 Å². The van der Waals surface area contributed by atoms with Crippen LogP contribution in [0.5, 0.6) is 0 Å². The van der Waals surface area contributed by atoms with Gasteiger partial charge in [0.1, 0.15) is 5.60 Å². The third-order valence-corrected chi connectivity index (χ3v) is 5.26. The van der Waals surface area contributed by atoms with E-state index < -0.39 is 5.60 Å². The van der Waals surface area contributed by atoms with E-state index >= 15 is 0 Å². The Morgan fingerprint density at radius 2 is 1.74 bits per heavy atom. The number of amides is 1. The first-order valence-corrected chi connectivity index (χ1v) is 9.63. The highest BCUT2D eigenvalue weighted by Crippen LogP contribution is 2.29. The third kappa shape index (κ3) is 6.33. The summed E-state index contributed by atoms with van der Waals surface area (Å²) in [6, 6.07) is 1.45. The van der Waals surface area contributed by atoms with Gasteiger partial charge in [0, 0.05) is 18.1 Å². The SMILES string of the molecule is CCC(NC1CCC(NC(=O)OC(C)(C)C)C1)C1CCCCC1. The summed E-state index contributed by atoms with van der Waals surface area (Å²) in [7, 11) is 0. The number of ether oxygens (including phenoxy) is 1. The molecule has 3 unspecified atom stereocenters. The van der Waals surface area contributed by atoms with E-state index in [2.05, 4.69) is 17.6 Å². The van der Waals surface area contributed by atoms with Gasteiger partial charge >= 0.3 is 6.09 Å². The van der Waals surface area contributed by atoms with Crippen molar-refractivity contribution in [3.05, 3.63) is 0 Å². The molecule has 4 nitrogen and oxygen atoms in total. The second-order valence-electron chi connectivity index (χ2n) is 8.43. The summed E-state index contributed by atoms with van der Waals surface area (Å²) in [5, 5.41) is 6.93. The number of hydrogen-bond donors (Lipinski definition) is 2. The molecule has 4 heteroatoms. The minimum Gasteiger partial charge on any atom is -0.444 e. The number of alkyl carbamates (subject to hydrolysis) is 1. The fourth-order valence-electron chi connectivity index (χ4n) is 4.16. The summed E-state index contributed by atoms with van der Waals surface area (Å²) in [6.45, 7) is 8.02. The first kappa shape index (κ1) is 18.6. The standard InChI is InChI=1S/C19H36N2O2/c1-5-17(14-9-7-6-8-10-14)20-15-11-12-16(13-15)21-18(22)23-19(2,3)4/h14-17,20H,5-13H2,1-4H3,(H,21,22). The lowest BCUT2D eigenvalue weighted by Gasteiger charge is -2.32. The third-order valence-electron chi connectivity index (χ3n) is 5.26. The molecule has 0 saturated heterocycles. The van der Waals surface area contributed by atoms with Crippen molar-refractivity contribution in [1.29, 1.82) is 0 Å². The van der Waals surface area contributed by atoms with Crippen molar-refractivity contribution in [1.82, 2.24) is 10.6 Å². The molecule has 2 N–H and O–H groups in total. The average Bonchev–Trinajstić information content (AvgIpc) is 2.90. The first-order chi connectivity index (χ1) is 10.9. The molecule has 0 aliphatic heterocycles. The highest BCUT2D eigenvalue weighted by Gasteiger charge is 2.31. The monoisotopic (exact) mass is 324 g/mol. The van der Waals surface area contributed by atoms with Gasteiger partial charge in [0.05, 0.1) is 0 Å². The van der Waals surface area contributed by atoms with Crippen LogP contribution in [0.2, 0.25) is 0 Å². The van der Waals surface area contributed by atoms with E-state index in [1.165, 1.54) is 38.5 Å². The summed E-state index contributed by atoms with van der Waals surface area (Å²) in [4.78, 5) is 11.9. The lowest BCUT2D eigenvalue weighted by molar-refractivity contribution is 0.0505. The maximum atomic E-state index is 11.9. The van der Waals surface area contributed by atoms with Crippen molar-refractivity contribution in [2.45, 2.75) is 109 Å². The highest BCUT2D eigenvalue weighted by molar-refractivity contribution is 5.68. The molecule has 2 aliphatic rings. The molecule has 1 amide bonds. The number of rotatable bonds is 5. The van der Waals surface area contributed by atoms with E-state index in [0.29, 0.717) is 12.1 Å². The predicted octanol–water partition coefficient (Wildman–Crippen LogP) is 4.38. The summed E-state index contributed by atoms with van der Waals surface area (Å²) >= 11 is 0. The molecule has 0 aromatic carbocycles. The zero-order valence-electron chi connectivity index (χ0n) is 15.5. The molecule has 0 aromatic heterocycles. The smallest absolute Gasteiger partial charge is 0.407 e. The maximum Gasteiger partial charge on any atom is 0.407 e. The van der Waals surface area contributed by atoms with E-state index in [1.54, 1.807) is 0 Å². The van der Waals surface area contributed by atoms with Gasteiger partial charge < -0.3 is 15.4 Å². The van der Waals surface area contributed by atoms with Gasteiger partial charge in [-0.1, -0.05) is 26.2 Å². The lowest BCUT2D eigenvalue weighted by atomic mass is 9.82. The number of carbonyl (C=O) groups is 1. The van der Waals surface area contributed by atoms with Gasteiger partial charge in [-0.15, -0.1) is 0 Å².